The Bertz CT molecular complexity index is 3670. The second-order valence-electron chi connectivity index (χ2n) is 21.9. The zero-order chi connectivity index (χ0) is 69.8. The highest BCUT2D eigenvalue weighted by Crippen LogP contribution is 2.36. The van der Waals surface area contributed by atoms with Gasteiger partial charge in [-0.2, -0.15) is 21.0 Å². The summed E-state index contributed by atoms with van der Waals surface area (Å²) in [6, 6.07) is 42.3. The molecule has 20 heteroatoms. The van der Waals surface area contributed by atoms with E-state index in [1.807, 2.05) is 118 Å². The predicted molar refractivity (Wildman–Crippen MR) is 373 cm³/mol. The minimum absolute atomic E-state index is 0.371. The maximum atomic E-state index is 15.0. The van der Waals surface area contributed by atoms with Gasteiger partial charge in [-0.1, -0.05) is 60.7 Å². The Morgan fingerprint density at radius 3 is 0.781 bits per heavy atom. The van der Waals surface area contributed by atoms with Gasteiger partial charge in [-0.25, -0.2) is 24.0 Å². The first-order chi connectivity index (χ1) is 46.4. The third-order valence-corrected chi connectivity index (χ3v) is 16.4. The van der Waals surface area contributed by atoms with Gasteiger partial charge in [0.25, 0.3) is 5.70 Å². The van der Waals surface area contributed by atoms with Crippen LogP contribution in [0.25, 0.3) is 35.2 Å². The van der Waals surface area contributed by atoms with Gasteiger partial charge in [-0.05, 0) is 188 Å². The van der Waals surface area contributed by atoms with Gasteiger partial charge in [0.05, 0.1) is 6.57 Å². The first-order valence-corrected chi connectivity index (χ1v) is 32.3. The molecule has 0 N–H and O–H groups in total. The van der Waals surface area contributed by atoms with Crippen molar-refractivity contribution < 1.29 is 47.7 Å². The van der Waals surface area contributed by atoms with Crippen molar-refractivity contribution >= 4 is 88.7 Å². The monoisotopic (exact) mass is 1290 g/mol. The van der Waals surface area contributed by atoms with Gasteiger partial charge in [0.15, 0.2) is 18.3 Å². The van der Waals surface area contributed by atoms with Gasteiger partial charge in [-0.3, -0.25) is 4.79 Å². The summed E-state index contributed by atoms with van der Waals surface area (Å²) in [5.41, 5.74) is 3.27. The van der Waals surface area contributed by atoms with Crippen LogP contribution in [0.1, 0.15) is 103 Å². The molecule has 1 aliphatic rings. The largest absolute Gasteiger partial charge is 0.463 e. The number of nitriles is 4. The van der Waals surface area contributed by atoms with Crippen molar-refractivity contribution in [3.63, 3.8) is 0 Å². The van der Waals surface area contributed by atoms with Crippen LogP contribution in [-0.2, 0) is 47.7 Å². The van der Waals surface area contributed by atoms with Gasteiger partial charge in [-0.15, -0.1) is 0 Å². The topological polar surface area (TPSA) is 247 Å². The van der Waals surface area contributed by atoms with E-state index in [1.54, 1.807) is 97.1 Å². The molecule has 0 radical (unpaired) electrons. The summed E-state index contributed by atoms with van der Waals surface area (Å²) in [6.45, 7) is 35.2. The fraction of sp³-hybridized carbons (Fsp3) is 0.342. The summed E-state index contributed by atoms with van der Waals surface area (Å²) in [4.78, 5) is 88.2. The Morgan fingerprint density at radius 1 is 0.354 bits per heavy atom. The van der Waals surface area contributed by atoms with Gasteiger partial charge in [0, 0.05) is 100 Å². The molecule has 496 valence electrons. The Kier molecular flexibility index (Phi) is 28.2. The number of ether oxygens (including phenoxy) is 5. The lowest BCUT2D eigenvalue weighted by Gasteiger charge is -2.43. The fourth-order valence-electron chi connectivity index (χ4n) is 11.1. The van der Waals surface area contributed by atoms with Gasteiger partial charge in [0.1, 0.15) is 58.8 Å². The standard InChI is InChI=1S/C76H82N10O10/c1-12-82(13-2)61-32-22-52(23-33-61)42-57(48-77)72(87)92-67-47-68(93-76(91)66(81-11)46-56-30-40-65(41-31-56)86(20-9)21-10)70(95-74(89)59(50-79)44-54-26-36-63(37-27-54)84(16-5)17-6)71(96-75(90)60(51-80)45-55-28-38-64(39-29-55)85(18-7)19-8)69(67)94-73(88)58(49-78)43-53-24-34-62(35-25-53)83(14-3)15-4/h22-46,67-71H,12-21,47H2,1-10H3/b57-42+,58-43+,59-44+,60-45+,66-46-. The number of carbonyl (C=O) groups excluding carboxylic acids is 5. The van der Waals surface area contributed by atoms with Crippen molar-refractivity contribution in [3.05, 3.63) is 189 Å². The molecule has 0 heterocycles. The smallest absolute Gasteiger partial charge is 0.349 e. The molecule has 0 aromatic heterocycles. The summed E-state index contributed by atoms with van der Waals surface area (Å²) in [5, 5.41) is 42.8. The van der Waals surface area contributed by atoms with Crippen LogP contribution in [0.4, 0.5) is 28.4 Å². The number of nitrogens with zero attached hydrogens (tertiary/aromatic N) is 10. The lowest BCUT2D eigenvalue weighted by atomic mass is 9.86. The number of rotatable bonds is 30. The molecule has 0 aliphatic heterocycles. The minimum Gasteiger partial charge on any atom is -0.463 e. The number of hydrogen-bond acceptors (Lipinski definition) is 19. The molecule has 6 rings (SSSR count). The van der Waals surface area contributed by atoms with Gasteiger partial charge < -0.3 is 48.2 Å². The van der Waals surface area contributed by atoms with Crippen molar-refractivity contribution in [2.75, 3.05) is 89.9 Å². The maximum Gasteiger partial charge on any atom is 0.349 e. The lowest BCUT2D eigenvalue weighted by molar-refractivity contribution is -0.227. The van der Waals surface area contributed by atoms with Crippen LogP contribution in [0.15, 0.2) is 149 Å². The fourth-order valence-corrected chi connectivity index (χ4v) is 11.1. The third-order valence-electron chi connectivity index (χ3n) is 16.4. The summed E-state index contributed by atoms with van der Waals surface area (Å²) < 4.78 is 31.0. The zero-order valence-electron chi connectivity index (χ0n) is 56.2. The summed E-state index contributed by atoms with van der Waals surface area (Å²) in [6.07, 6.45) is -5.09. The molecular formula is C76H82N10O10. The van der Waals surface area contributed by atoms with Gasteiger partial charge in [0.2, 0.25) is 0 Å². The molecule has 1 fully saturated rings. The van der Waals surface area contributed by atoms with Crippen LogP contribution < -0.4 is 24.5 Å². The normalized spacial score (nSPS) is 16.3. The highest BCUT2D eigenvalue weighted by molar-refractivity contribution is 6.01. The lowest BCUT2D eigenvalue weighted by Crippen LogP contribution is -2.62. The second kappa shape index (κ2) is 36.7. The summed E-state index contributed by atoms with van der Waals surface area (Å²) in [7, 11) is 0. The Balaban J connectivity index is 1.60. The van der Waals surface area contributed by atoms with E-state index in [2.05, 4.69) is 29.3 Å². The van der Waals surface area contributed by atoms with E-state index in [0.717, 1.165) is 28.4 Å². The highest BCUT2D eigenvalue weighted by atomic mass is 16.6. The molecule has 20 nitrogen and oxygen atoms in total. The van der Waals surface area contributed by atoms with Crippen LogP contribution in [-0.4, -0.2) is 126 Å². The van der Waals surface area contributed by atoms with Crippen LogP contribution in [0.3, 0.4) is 0 Å². The van der Waals surface area contributed by atoms with Crippen molar-refractivity contribution in [1.82, 2.24) is 0 Å². The van der Waals surface area contributed by atoms with E-state index in [1.165, 1.54) is 30.4 Å². The van der Waals surface area contributed by atoms with Crippen LogP contribution >= 0.6 is 0 Å². The van der Waals surface area contributed by atoms with E-state index in [4.69, 9.17) is 30.3 Å². The molecular weight excluding hydrogens is 1210 g/mol. The number of hydrogen-bond donors (Lipinski definition) is 0. The van der Waals surface area contributed by atoms with Crippen LogP contribution in [0, 0.1) is 51.9 Å². The van der Waals surface area contributed by atoms with Crippen molar-refractivity contribution in [2.45, 2.75) is 106 Å². The molecule has 0 spiro atoms. The van der Waals surface area contributed by atoms with Crippen molar-refractivity contribution in [2.24, 2.45) is 0 Å². The number of anilines is 5. The van der Waals surface area contributed by atoms with Crippen molar-refractivity contribution in [3.8, 4) is 24.3 Å². The summed E-state index contributed by atoms with van der Waals surface area (Å²) in [5.74, 6) is -6.78. The molecule has 5 aromatic rings. The quantitative estimate of drug-likeness (QED) is 0.0136. The van der Waals surface area contributed by atoms with Crippen LogP contribution in [0.5, 0.6) is 0 Å². The average Bonchev–Trinajstić information content (AvgIpc) is 1.62. The van der Waals surface area contributed by atoms with E-state index >= 15 is 4.79 Å². The summed E-state index contributed by atoms with van der Waals surface area (Å²) >= 11 is 0. The average molecular weight is 1300 g/mol. The van der Waals surface area contributed by atoms with Crippen LogP contribution in [0.2, 0.25) is 0 Å². The Morgan fingerprint density at radius 2 is 0.562 bits per heavy atom. The number of esters is 5. The Hall–Kier alpha value is -11.4. The minimum atomic E-state index is -2.28. The van der Waals surface area contributed by atoms with Crippen molar-refractivity contribution in [1.29, 1.82) is 21.0 Å². The molecule has 1 aliphatic carbocycles. The molecule has 5 unspecified atom stereocenters. The molecule has 96 heavy (non-hydrogen) atoms. The molecule has 0 saturated heterocycles. The van der Waals surface area contributed by atoms with E-state index in [9.17, 15) is 40.2 Å². The van der Waals surface area contributed by atoms with E-state index in [-0.39, 0.29) is 0 Å². The zero-order valence-corrected chi connectivity index (χ0v) is 56.2. The molecule has 0 bridgehead atoms. The SMILES string of the molecule is [C-]#[N+]/C(=C\c1ccc(N(CC)CC)cc1)C(=O)OC1CC(OC(=O)/C(C#N)=C/c2ccc(N(CC)CC)cc2)C(OC(=O)/C(C#N)=C/c2ccc(N(CC)CC)cc2)C(OC(=O)/C(C#N)=C/c2ccc(N(CC)CC)cc2)C1OC(=O)/C(C#N)=C/c1ccc(N(CC)CC)cc1. The van der Waals surface area contributed by atoms with E-state index < -0.39 is 94.8 Å². The van der Waals surface area contributed by atoms with E-state index in [0.29, 0.717) is 93.3 Å². The predicted octanol–water partition coefficient (Wildman–Crippen LogP) is 12.6. The molecule has 1 saturated carbocycles. The molecule has 5 atom stereocenters. The Labute approximate surface area is 563 Å². The second-order valence-corrected chi connectivity index (χ2v) is 21.9. The number of benzene rings is 5. The number of carbonyl (C=O) groups is 5. The molecule has 0 amide bonds. The highest BCUT2D eigenvalue weighted by Gasteiger charge is 2.55. The first-order valence-electron chi connectivity index (χ1n) is 32.3. The first kappa shape index (κ1) is 73.6. The van der Waals surface area contributed by atoms with Gasteiger partial charge >= 0.3 is 29.8 Å². The third kappa shape index (κ3) is 19.3. The molecule has 5 aromatic carbocycles. The maximum absolute atomic E-state index is 15.0.